The molecule has 0 aliphatic rings. The SMILES string of the molecule is CCOc1ccc(C(=O)NC(c2ccc(Cl)cc2)c2ncccc2Cl)cc1C#N.Cc1cc(C(=O)N[C@@H](c2ccc(Cl)c(F)c2)c2ncccc2Cl)ccc1C#N.Cc1cc(C(=O)N[C@@H](c2ccc(Cl)cc2)c2ncccc2Cl)ccc1Br.N#Cc1ccc(C(=O)N[C@@H](c2ccc(Cl)c(F)c2)c2ncccc2Cl)cc1F. The molecule has 12 rings (SSSR count). The van der Waals surface area contributed by atoms with Crippen LogP contribution in [0, 0.1) is 65.3 Å². The molecular weight excluding hydrogens is 1650 g/mol. The Kier molecular flexibility index (Phi) is 30.4. The van der Waals surface area contributed by atoms with Gasteiger partial charge >= 0.3 is 0 Å². The van der Waals surface area contributed by atoms with E-state index >= 15 is 0 Å². The molecule has 4 atom stereocenters. The smallest absolute Gasteiger partial charge is 0.252 e. The lowest BCUT2D eigenvalue weighted by Crippen LogP contribution is -2.30. The average molecular weight is 1710 g/mol. The van der Waals surface area contributed by atoms with Crippen LogP contribution in [0.15, 0.2) is 236 Å². The highest BCUT2D eigenvalue weighted by atomic mass is 79.9. The van der Waals surface area contributed by atoms with Crippen molar-refractivity contribution in [2.75, 3.05) is 6.61 Å². The summed E-state index contributed by atoms with van der Waals surface area (Å²) in [5.41, 5.74) is 7.68. The fourth-order valence-corrected chi connectivity index (χ4v) is 12.4. The third-order valence-corrected chi connectivity index (χ3v) is 19.6. The van der Waals surface area contributed by atoms with Crippen molar-refractivity contribution in [3.05, 3.63) is 388 Å². The monoisotopic (exact) mass is 1700 g/mol. The van der Waals surface area contributed by atoms with Crippen molar-refractivity contribution < 1.29 is 37.1 Å². The van der Waals surface area contributed by atoms with Crippen LogP contribution in [0.3, 0.4) is 0 Å². The van der Waals surface area contributed by atoms with Gasteiger partial charge in [-0.05, 0) is 224 Å². The second kappa shape index (κ2) is 40.2. The van der Waals surface area contributed by atoms with Crippen molar-refractivity contribution in [1.29, 1.82) is 15.8 Å². The number of nitrogens with one attached hydrogen (secondary N) is 4. The molecule has 1 unspecified atom stereocenters. The molecule has 4 N–H and O–H groups in total. The van der Waals surface area contributed by atoms with Gasteiger partial charge in [0.1, 0.15) is 35.3 Å². The minimum absolute atomic E-state index is 0.0111. The Morgan fingerprint density at radius 1 is 0.387 bits per heavy atom. The van der Waals surface area contributed by atoms with E-state index < -0.39 is 53.4 Å². The zero-order valence-electron chi connectivity index (χ0n) is 58.2. The normalized spacial score (nSPS) is 11.6. The molecule has 4 aromatic heterocycles. The fourth-order valence-electron chi connectivity index (χ4n) is 10.7. The Morgan fingerprint density at radius 2 is 0.721 bits per heavy atom. The highest BCUT2D eigenvalue weighted by molar-refractivity contribution is 9.10. The predicted octanol–water partition coefficient (Wildman–Crippen LogP) is 21.4. The van der Waals surface area contributed by atoms with Gasteiger partial charge in [-0.3, -0.25) is 39.1 Å². The number of ether oxygens (including phenoxy) is 1. The van der Waals surface area contributed by atoms with E-state index in [0.717, 1.165) is 33.3 Å². The summed E-state index contributed by atoms with van der Waals surface area (Å²) in [6.07, 6.45) is 6.29. The lowest BCUT2D eigenvalue weighted by Gasteiger charge is -2.20. The van der Waals surface area contributed by atoms with E-state index in [1.54, 1.807) is 159 Å². The molecule has 28 heteroatoms. The van der Waals surface area contributed by atoms with Crippen molar-refractivity contribution >= 4 is 132 Å². The number of rotatable bonds is 18. The van der Waals surface area contributed by atoms with E-state index in [2.05, 4.69) is 69.3 Å². The van der Waals surface area contributed by atoms with E-state index in [1.807, 2.05) is 38.1 Å². The largest absolute Gasteiger partial charge is 0.492 e. The number of hydrogen-bond acceptors (Lipinski definition) is 12. The van der Waals surface area contributed by atoms with Crippen molar-refractivity contribution in [3.63, 3.8) is 0 Å². The number of aryl methyl sites for hydroxylation is 2. The van der Waals surface area contributed by atoms with Crippen LogP contribution < -0.4 is 26.0 Å². The number of carbonyl (C=O) groups is 4. The molecule has 4 amide bonds. The van der Waals surface area contributed by atoms with Gasteiger partial charge in [0.2, 0.25) is 0 Å². The quantitative estimate of drug-likeness (QED) is 0.0626. The molecule has 0 spiro atoms. The minimum atomic E-state index is -0.910. The van der Waals surface area contributed by atoms with Crippen molar-refractivity contribution in [1.82, 2.24) is 41.2 Å². The summed E-state index contributed by atoms with van der Waals surface area (Å²) in [4.78, 5) is 68.4. The van der Waals surface area contributed by atoms with Gasteiger partial charge in [-0.15, -0.1) is 0 Å². The van der Waals surface area contributed by atoms with Crippen molar-refractivity contribution in [3.8, 4) is 24.0 Å². The van der Waals surface area contributed by atoms with Gasteiger partial charge in [-0.1, -0.05) is 145 Å². The van der Waals surface area contributed by atoms with Crippen LogP contribution in [0.25, 0.3) is 0 Å². The average Bonchev–Trinajstić information content (AvgIpc) is 0.822. The molecule has 0 bridgehead atoms. The Balaban J connectivity index is 0.000000170. The highest BCUT2D eigenvalue weighted by Gasteiger charge is 2.28. The van der Waals surface area contributed by atoms with Gasteiger partial charge in [0, 0.05) is 61.6 Å². The van der Waals surface area contributed by atoms with E-state index in [9.17, 15) is 37.6 Å². The molecule has 0 aliphatic carbocycles. The second-order valence-corrected chi connectivity index (χ2v) is 27.9. The Bertz CT molecular complexity index is 5390. The maximum atomic E-state index is 14.0. The topological polar surface area (TPSA) is 249 Å². The van der Waals surface area contributed by atoms with Gasteiger partial charge in [-0.2, -0.15) is 15.8 Å². The Labute approximate surface area is 684 Å². The number of aromatic nitrogens is 4. The zero-order chi connectivity index (χ0) is 80.0. The lowest BCUT2D eigenvalue weighted by molar-refractivity contribution is 0.0934. The summed E-state index contributed by atoms with van der Waals surface area (Å²) >= 11 is 52.1. The van der Waals surface area contributed by atoms with Crippen LogP contribution >= 0.6 is 109 Å². The van der Waals surface area contributed by atoms with E-state index in [4.69, 9.17) is 108 Å². The third kappa shape index (κ3) is 22.4. The summed E-state index contributed by atoms with van der Waals surface area (Å²) in [6, 6.07) is 57.5. The molecule has 111 heavy (non-hydrogen) atoms. The molecule has 0 saturated heterocycles. The molecular formula is C83H57BrCl8F3N11O5. The molecule has 8 aromatic carbocycles. The van der Waals surface area contributed by atoms with Gasteiger partial charge in [-0.25, -0.2) is 13.2 Å². The molecule has 0 saturated carbocycles. The third-order valence-electron chi connectivity index (χ3n) is 16.3. The summed E-state index contributed by atoms with van der Waals surface area (Å²) in [5.74, 6) is -3.29. The first-order chi connectivity index (χ1) is 53.3. The number of hydrogen-bond donors (Lipinski definition) is 4. The maximum absolute atomic E-state index is 14.0. The van der Waals surface area contributed by atoms with Crippen LogP contribution in [-0.4, -0.2) is 50.2 Å². The standard InChI is InChI=1S/C22H17Cl2N3O2.C21H14Cl2FN3O.C20H15BrCl2N2O.C20H11Cl2F2N3O/c1-2-29-19-10-7-15(12-16(19)13-25)22(28)27-20(14-5-8-17(23)9-6-14)21-18(24)4-3-11-26-21;1-12-9-14(4-5-15(12)11-25)21(28)27-19(20-17(23)3-2-8-26-20)13-6-7-16(22)18(24)10-13;1-12-11-14(6-9-16(12)21)20(26)25-18(13-4-7-15(22)8-5-13)19-17(23)3-2-10-24-19;21-14-6-5-11(8-17(14)24)18(19-15(22)2-1-7-26-19)27-20(28)12-3-4-13(10-25)16(23)9-12/h3-12,20H,2H2,1H3,(H,27,28);2-10,19H,1H3,(H,27,28);2-11,18H,1H3,(H,25,26);1-9,18H,(H,27,28)/t;19-;2*18-/m.000/s1. The van der Waals surface area contributed by atoms with Gasteiger partial charge in [0.05, 0.1) is 106 Å². The lowest BCUT2D eigenvalue weighted by atomic mass is 10.0. The molecule has 0 aliphatic heterocycles. The van der Waals surface area contributed by atoms with Crippen LogP contribution in [0.5, 0.6) is 5.75 Å². The number of halogens is 12. The summed E-state index contributed by atoms with van der Waals surface area (Å²) in [6.45, 7) is 5.94. The number of amides is 4. The Hall–Kier alpha value is -10.9. The highest BCUT2D eigenvalue weighted by Crippen LogP contribution is 2.34. The number of benzene rings is 8. The maximum Gasteiger partial charge on any atom is 0.252 e. The van der Waals surface area contributed by atoms with Crippen LogP contribution in [0.4, 0.5) is 13.2 Å². The summed E-state index contributed by atoms with van der Waals surface area (Å²) in [5, 5.41) is 41.3. The van der Waals surface area contributed by atoms with Gasteiger partial charge < -0.3 is 26.0 Å². The Morgan fingerprint density at radius 3 is 1.06 bits per heavy atom. The molecule has 12 aromatic rings. The van der Waals surface area contributed by atoms with Crippen molar-refractivity contribution in [2.45, 2.75) is 44.9 Å². The van der Waals surface area contributed by atoms with Crippen LogP contribution in [0.1, 0.15) is 145 Å². The van der Waals surface area contributed by atoms with Crippen LogP contribution in [-0.2, 0) is 0 Å². The summed E-state index contributed by atoms with van der Waals surface area (Å²) < 4.78 is 48.2. The first kappa shape index (κ1) is 84.1. The molecule has 0 radical (unpaired) electrons. The van der Waals surface area contributed by atoms with Gasteiger partial charge in [0.25, 0.3) is 23.6 Å². The number of nitriles is 3. The fraction of sp³-hybridized carbons (Fsp3) is 0.0964. The van der Waals surface area contributed by atoms with Crippen molar-refractivity contribution in [2.24, 2.45) is 0 Å². The van der Waals surface area contributed by atoms with E-state index in [1.165, 1.54) is 48.7 Å². The minimum Gasteiger partial charge on any atom is -0.492 e. The molecule has 16 nitrogen and oxygen atoms in total. The molecule has 0 fully saturated rings. The van der Waals surface area contributed by atoms with Gasteiger partial charge in [0.15, 0.2) is 0 Å². The zero-order valence-corrected chi connectivity index (χ0v) is 65.8. The van der Waals surface area contributed by atoms with E-state index in [-0.39, 0.29) is 43.7 Å². The first-order valence-electron chi connectivity index (χ1n) is 33.0. The number of carbonyl (C=O) groups excluding carboxylic acids is 4. The van der Waals surface area contributed by atoms with E-state index in [0.29, 0.717) is 99.1 Å². The molecule has 558 valence electrons. The number of pyridine rings is 4. The predicted molar refractivity (Wildman–Crippen MR) is 428 cm³/mol. The second-order valence-electron chi connectivity index (χ2n) is 23.7. The molecule has 4 heterocycles. The first-order valence-corrected chi connectivity index (χ1v) is 36.8. The number of nitrogens with zero attached hydrogens (tertiary/aromatic N) is 7. The van der Waals surface area contributed by atoms with Crippen LogP contribution in [0.2, 0.25) is 40.2 Å². The summed E-state index contributed by atoms with van der Waals surface area (Å²) in [7, 11) is 0.